The number of hydrogen-bond acceptors (Lipinski definition) is 5. The summed E-state index contributed by atoms with van der Waals surface area (Å²) in [5.74, 6) is 0. The molecule has 0 aromatic heterocycles. The highest BCUT2D eigenvalue weighted by atomic mass is 127. The molecule has 4 unspecified atom stereocenters. The van der Waals surface area contributed by atoms with Gasteiger partial charge >= 0.3 is 0 Å². The van der Waals surface area contributed by atoms with Crippen LogP contribution in [-0.4, -0.2) is 68.4 Å². The number of rotatable bonds is 9. The van der Waals surface area contributed by atoms with Gasteiger partial charge in [0.1, 0.15) is 28.5 Å². The van der Waals surface area contributed by atoms with E-state index >= 15 is 0 Å². The zero-order valence-electron chi connectivity index (χ0n) is 20.0. The lowest BCUT2D eigenvalue weighted by molar-refractivity contribution is -0.184. The van der Waals surface area contributed by atoms with Gasteiger partial charge in [-0.25, -0.2) is 0 Å². The van der Waals surface area contributed by atoms with Crippen LogP contribution in [0.1, 0.15) is 0 Å². The minimum atomic E-state index is -1.82. The van der Waals surface area contributed by atoms with E-state index < -0.39 is 33.3 Å². The summed E-state index contributed by atoms with van der Waals surface area (Å²) in [4.78, 5) is 0. The van der Waals surface area contributed by atoms with Crippen molar-refractivity contribution in [2.24, 2.45) is 0 Å². The van der Waals surface area contributed by atoms with Crippen molar-refractivity contribution in [1.82, 2.24) is 0 Å². The maximum atomic E-state index is 6.73. The molecule has 0 N–H and O–H groups in total. The highest BCUT2D eigenvalue weighted by Crippen LogP contribution is 2.36. The Kier molecular flexibility index (Phi) is 9.70. The topological polar surface area (TPSA) is 46.2 Å². The van der Waals surface area contributed by atoms with Gasteiger partial charge in [-0.2, -0.15) is 0 Å². The molecule has 1 aliphatic rings. The fourth-order valence-corrected chi connectivity index (χ4v) is 8.09. The SMILES string of the molecule is C[Si](C)(C)OCC1O[C@H](I)C(O[Si](C)(C)C)C(O[Si](C)(C)C)C1O[Si](C)(C)C. The minimum absolute atomic E-state index is 0.0811. The average molecular weight is 579 g/mol. The van der Waals surface area contributed by atoms with E-state index in [-0.39, 0.29) is 28.5 Å². The van der Waals surface area contributed by atoms with E-state index in [4.69, 9.17) is 22.4 Å². The molecule has 28 heavy (non-hydrogen) atoms. The summed E-state index contributed by atoms with van der Waals surface area (Å²) in [5, 5.41) is 0. The molecule has 0 spiro atoms. The van der Waals surface area contributed by atoms with Gasteiger partial charge in [-0.1, -0.05) is 0 Å². The highest BCUT2D eigenvalue weighted by molar-refractivity contribution is 14.1. The van der Waals surface area contributed by atoms with Crippen molar-refractivity contribution in [2.75, 3.05) is 6.61 Å². The lowest BCUT2D eigenvalue weighted by Gasteiger charge is -2.50. The Labute approximate surface area is 191 Å². The van der Waals surface area contributed by atoms with E-state index in [0.717, 1.165) is 0 Å². The maximum Gasteiger partial charge on any atom is 0.184 e. The second-order valence-corrected chi connectivity index (χ2v) is 30.7. The Morgan fingerprint density at radius 1 is 0.607 bits per heavy atom. The molecule has 0 saturated carbocycles. The van der Waals surface area contributed by atoms with Gasteiger partial charge in [0.15, 0.2) is 33.3 Å². The Balaban J connectivity index is 3.26. The van der Waals surface area contributed by atoms with Gasteiger partial charge in [0.2, 0.25) is 0 Å². The van der Waals surface area contributed by atoms with Crippen LogP contribution in [0.25, 0.3) is 0 Å². The Bertz CT molecular complexity index is 496. The van der Waals surface area contributed by atoms with Crippen molar-refractivity contribution in [3.63, 3.8) is 0 Å². The summed E-state index contributed by atoms with van der Waals surface area (Å²) < 4.78 is 32.6. The summed E-state index contributed by atoms with van der Waals surface area (Å²) in [6.45, 7) is 27.2. The first kappa shape index (κ1) is 27.4. The van der Waals surface area contributed by atoms with Gasteiger partial charge in [0, 0.05) is 0 Å². The van der Waals surface area contributed by atoms with Crippen LogP contribution in [0.4, 0.5) is 0 Å². The second-order valence-electron chi connectivity index (χ2n) is 11.5. The molecule has 5 nitrogen and oxygen atoms in total. The lowest BCUT2D eigenvalue weighted by Crippen LogP contribution is -2.64. The monoisotopic (exact) mass is 578 g/mol. The van der Waals surface area contributed by atoms with Crippen molar-refractivity contribution in [3.05, 3.63) is 0 Å². The Hall–Kier alpha value is 1.40. The fourth-order valence-electron chi connectivity index (χ4n) is 2.96. The van der Waals surface area contributed by atoms with Gasteiger partial charge in [-0.3, -0.25) is 0 Å². The van der Waals surface area contributed by atoms with Crippen LogP contribution >= 0.6 is 22.6 Å². The minimum Gasteiger partial charge on any atom is -0.415 e. The highest BCUT2D eigenvalue weighted by Gasteiger charge is 2.50. The molecule has 5 atom stereocenters. The number of ether oxygens (including phenoxy) is 1. The average Bonchev–Trinajstić information content (AvgIpc) is 2.39. The van der Waals surface area contributed by atoms with Crippen molar-refractivity contribution >= 4 is 55.9 Å². The smallest absolute Gasteiger partial charge is 0.184 e. The van der Waals surface area contributed by atoms with E-state index in [0.29, 0.717) is 6.61 Å². The molecular formula is C18H43IO5Si4. The standard InChI is InChI=1S/C18H43IO5Si4/c1-25(2,3)20-13-14-15(22-26(4,5)6)16(23-27(7,8)9)17(18(19)21-14)24-28(10,11)12/h14-18H,13H2,1-12H3/t14?,15?,16?,17?,18-/m0/s1. The van der Waals surface area contributed by atoms with Crippen LogP contribution in [0.2, 0.25) is 78.6 Å². The van der Waals surface area contributed by atoms with Crippen LogP contribution in [0.3, 0.4) is 0 Å². The van der Waals surface area contributed by atoms with E-state index in [1.807, 2.05) is 0 Å². The molecular weight excluding hydrogens is 535 g/mol. The molecule has 1 heterocycles. The molecule has 1 saturated heterocycles. The molecule has 1 aliphatic heterocycles. The van der Waals surface area contributed by atoms with E-state index in [1.165, 1.54) is 0 Å². The van der Waals surface area contributed by atoms with Crippen LogP contribution < -0.4 is 0 Å². The van der Waals surface area contributed by atoms with Crippen LogP contribution in [0.15, 0.2) is 0 Å². The zero-order valence-corrected chi connectivity index (χ0v) is 26.2. The van der Waals surface area contributed by atoms with Gasteiger partial charge in [0.25, 0.3) is 0 Å². The molecule has 0 amide bonds. The zero-order chi connectivity index (χ0) is 22.1. The van der Waals surface area contributed by atoms with Crippen molar-refractivity contribution < 1.29 is 22.4 Å². The number of alkyl halides is 1. The van der Waals surface area contributed by atoms with Crippen LogP contribution in [-0.2, 0) is 22.4 Å². The summed E-state index contributed by atoms with van der Waals surface area (Å²) in [6.07, 6.45) is -0.551. The van der Waals surface area contributed by atoms with Gasteiger partial charge < -0.3 is 22.4 Å². The largest absolute Gasteiger partial charge is 0.415 e. The quantitative estimate of drug-likeness (QED) is 0.201. The molecule has 1 rings (SSSR count). The van der Waals surface area contributed by atoms with Crippen molar-refractivity contribution in [3.8, 4) is 0 Å². The normalized spacial score (nSPS) is 30.5. The Morgan fingerprint density at radius 2 is 1.00 bits per heavy atom. The maximum absolute atomic E-state index is 6.73. The first-order valence-electron chi connectivity index (χ1n) is 10.2. The predicted molar refractivity (Wildman–Crippen MR) is 137 cm³/mol. The van der Waals surface area contributed by atoms with Gasteiger partial charge in [-0.05, 0) is 101 Å². The second kappa shape index (κ2) is 9.90. The Morgan fingerprint density at radius 3 is 1.39 bits per heavy atom. The first-order chi connectivity index (χ1) is 12.3. The van der Waals surface area contributed by atoms with Crippen molar-refractivity contribution in [1.29, 1.82) is 0 Å². The van der Waals surface area contributed by atoms with Crippen LogP contribution in [0, 0.1) is 0 Å². The van der Waals surface area contributed by atoms with Gasteiger partial charge in [0.05, 0.1) is 6.61 Å². The fraction of sp³-hybridized carbons (Fsp3) is 1.00. The summed E-state index contributed by atoms with van der Waals surface area (Å²) in [7, 11) is -7.08. The lowest BCUT2D eigenvalue weighted by atomic mass is 10.0. The molecule has 0 aromatic carbocycles. The molecule has 1 fully saturated rings. The predicted octanol–water partition coefficient (Wildman–Crippen LogP) is 5.66. The van der Waals surface area contributed by atoms with E-state index in [2.05, 4.69) is 101 Å². The molecule has 168 valence electrons. The molecule has 0 bridgehead atoms. The summed E-state index contributed by atoms with van der Waals surface area (Å²) in [6, 6.07) is 0. The van der Waals surface area contributed by atoms with E-state index in [9.17, 15) is 0 Å². The molecule has 0 radical (unpaired) electrons. The summed E-state index contributed by atoms with van der Waals surface area (Å²) in [5.41, 5.74) is 0. The van der Waals surface area contributed by atoms with Crippen LogP contribution in [0.5, 0.6) is 0 Å². The molecule has 0 aliphatic carbocycles. The third-order valence-corrected chi connectivity index (χ3v) is 8.70. The number of halogens is 1. The third-order valence-electron chi connectivity index (χ3n) is 3.73. The molecule has 10 heteroatoms. The molecule has 0 aromatic rings. The van der Waals surface area contributed by atoms with E-state index in [1.54, 1.807) is 0 Å². The summed E-state index contributed by atoms with van der Waals surface area (Å²) >= 11 is 2.37. The van der Waals surface area contributed by atoms with Gasteiger partial charge in [-0.15, -0.1) is 0 Å². The first-order valence-corrected chi connectivity index (χ1v) is 25.1. The number of hydrogen-bond donors (Lipinski definition) is 0. The van der Waals surface area contributed by atoms with Crippen molar-refractivity contribution in [2.45, 2.75) is 107 Å². The third kappa shape index (κ3) is 10.6.